The molecule has 94 valence electrons. The van der Waals surface area contributed by atoms with Crippen molar-refractivity contribution < 1.29 is 4.79 Å². The number of rotatable bonds is 5. The van der Waals surface area contributed by atoms with E-state index < -0.39 is 5.54 Å². The molecule has 1 heterocycles. The lowest BCUT2D eigenvalue weighted by atomic mass is 9.96. The lowest BCUT2D eigenvalue weighted by molar-refractivity contribution is -0.126. The van der Waals surface area contributed by atoms with Crippen LogP contribution in [0, 0.1) is 5.92 Å². The van der Waals surface area contributed by atoms with Crippen molar-refractivity contribution in [1.29, 1.82) is 0 Å². The van der Waals surface area contributed by atoms with Crippen LogP contribution < -0.4 is 11.1 Å². The van der Waals surface area contributed by atoms with Gasteiger partial charge in [-0.15, -0.1) is 10.2 Å². The van der Waals surface area contributed by atoms with Gasteiger partial charge >= 0.3 is 0 Å². The molecular formula is C11H19N5O. The van der Waals surface area contributed by atoms with Gasteiger partial charge in [0.2, 0.25) is 5.91 Å². The van der Waals surface area contributed by atoms with E-state index in [1.54, 1.807) is 13.3 Å². The fraction of sp³-hybridized carbons (Fsp3) is 0.727. The fourth-order valence-corrected chi connectivity index (χ4v) is 1.90. The van der Waals surface area contributed by atoms with Gasteiger partial charge < -0.3 is 15.6 Å². The minimum Gasteiger partial charge on any atom is -0.347 e. The third-order valence-electron chi connectivity index (χ3n) is 3.36. The van der Waals surface area contributed by atoms with Gasteiger partial charge in [-0.25, -0.2) is 0 Å². The van der Waals surface area contributed by atoms with E-state index >= 15 is 0 Å². The second-order valence-corrected chi connectivity index (χ2v) is 4.77. The molecule has 1 aliphatic carbocycles. The molecule has 0 aliphatic heterocycles. The summed E-state index contributed by atoms with van der Waals surface area (Å²) in [5.41, 5.74) is 5.27. The summed E-state index contributed by atoms with van der Waals surface area (Å²) in [4.78, 5) is 11.9. The zero-order valence-corrected chi connectivity index (χ0v) is 10.3. The second-order valence-electron chi connectivity index (χ2n) is 4.77. The zero-order valence-electron chi connectivity index (χ0n) is 10.3. The van der Waals surface area contributed by atoms with E-state index in [1.165, 1.54) is 0 Å². The highest BCUT2D eigenvalue weighted by Gasteiger charge is 2.43. The average molecular weight is 237 g/mol. The Morgan fingerprint density at radius 3 is 3.00 bits per heavy atom. The number of nitrogens with zero attached hydrogens (tertiary/aromatic N) is 3. The van der Waals surface area contributed by atoms with Crippen LogP contribution in [0.4, 0.5) is 0 Å². The topological polar surface area (TPSA) is 85.8 Å². The Kier molecular flexibility index (Phi) is 3.15. The van der Waals surface area contributed by atoms with E-state index in [2.05, 4.69) is 15.5 Å². The first-order valence-electron chi connectivity index (χ1n) is 5.99. The number of aryl methyl sites for hydroxylation is 1. The molecule has 1 fully saturated rings. The van der Waals surface area contributed by atoms with Gasteiger partial charge in [-0.05, 0) is 32.6 Å². The van der Waals surface area contributed by atoms with E-state index in [1.807, 2.05) is 11.5 Å². The van der Waals surface area contributed by atoms with Crippen molar-refractivity contribution in [3.8, 4) is 0 Å². The van der Waals surface area contributed by atoms with Crippen LogP contribution in [-0.4, -0.2) is 26.2 Å². The highest BCUT2D eigenvalue weighted by Crippen LogP contribution is 2.38. The smallest absolute Gasteiger partial charge is 0.240 e. The zero-order chi connectivity index (χ0) is 12.5. The standard InChI is InChI=1S/C11H19N5O/c1-3-16-7-14-15-9(16)6-13-10(17)11(2,12)8-4-5-8/h7-8H,3-6,12H2,1-2H3,(H,13,17). The number of nitrogens with two attached hydrogens (primary N) is 1. The summed E-state index contributed by atoms with van der Waals surface area (Å²) in [6, 6.07) is 0. The van der Waals surface area contributed by atoms with E-state index in [-0.39, 0.29) is 5.91 Å². The van der Waals surface area contributed by atoms with Crippen LogP contribution in [0.1, 0.15) is 32.5 Å². The molecule has 1 aromatic heterocycles. The normalized spacial score (nSPS) is 18.8. The molecule has 1 aliphatic rings. The van der Waals surface area contributed by atoms with Gasteiger partial charge in [0.1, 0.15) is 6.33 Å². The number of hydrogen-bond acceptors (Lipinski definition) is 4. The molecule has 1 amide bonds. The summed E-state index contributed by atoms with van der Waals surface area (Å²) in [6.07, 6.45) is 3.75. The van der Waals surface area contributed by atoms with Gasteiger partial charge in [-0.3, -0.25) is 4.79 Å². The Morgan fingerprint density at radius 2 is 2.41 bits per heavy atom. The van der Waals surface area contributed by atoms with Crippen LogP contribution in [0.5, 0.6) is 0 Å². The Balaban J connectivity index is 1.92. The van der Waals surface area contributed by atoms with E-state index in [9.17, 15) is 4.79 Å². The quantitative estimate of drug-likeness (QED) is 0.757. The van der Waals surface area contributed by atoms with Crippen molar-refractivity contribution in [3.05, 3.63) is 12.2 Å². The average Bonchev–Trinajstić information content (AvgIpc) is 3.06. The van der Waals surface area contributed by atoms with Crippen molar-refractivity contribution in [2.24, 2.45) is 11.7 Å². The molecule has 6 heteroatoms. The number of hydrogen-bond donors (Lipinski definition) is 2. The lowest BCUT2D eigenvalue weighted by Crippen LogP contribution is -2.53. The van der Waals surface area contributed by atoms with Crippen LogP contribution in [0.2, 0.25) is 0 Å². The summed E-state index contributed by atoms with van der Waals surface area (Å²) >= 11 is 0. The predicted molar refractivity (Wildman–Crippen MR) is 62.9 cm³/mol. The highest BCUT2D eigenvalue weighted by molar-refractivity contribution is 5.86. The lowest BCUT2D eigenvalue weighted by Gasteiger charge is -2.22. The molecule has 0 radical (unpaired) electrons. The first kappa shape index (κ1) is 12.0. The van der Waals surface area contributed by atoms with Crippen LogP contribution in [0.15, 0.2) is 6.33 Å². The Bertz CT molecular complexity index is 408. The second kappa shape index (κ2) is 4.44. The minimum atomic E-state index is -0.753. The largest absolute Gasteiger partial charge is 0.347 e. The molecule has 0 saturated heterocycles. The molecule has 0 bridgehead atoms. The summed E-state index contributed by atoms with van der Waals surface area (Å²) in [5, 5.41) is 10.6. The number of carbonyl (C=O) groups is 1. The molecule has 1 aromatic rings. The van der Waals surface area contributed by atoms with Crippen molar-refractivity contribution in [1.82, 2.24) is 20.1 Å². The monoisotopic (exact) mass is 237 g/mol. The van der Waals surface area contributed by atoms with Crippen molar-refractivity contribution in [2.75, 3.05) is 0 Å². The van der Waals surface area contributed by atoms with Crippen LogP contribution in [0.25, 0.3) is 0 Å². The summed E-state index contributed by atoms with van der Waals surface area (Å²) in [5.74, 6) is 0.977. The first-order valence-corrected chi connectivity index (χ1v) is 5.99. The van der Waals surface area contributed by atoms with E-state index in [4.69, 9.17) is 5.73 Å². The van der Waals surface area contributed by atoms with Crippen LogP contribution >= 0.6 is 0 Å². The summed E-state index contributed by atoms with van der Waals surface area (Å²) < 4.78 is 1.89. The van der Waals surface area contributed by atoms with Crippen molar-refractivity contribution in [2.45, 2.75) is 45.3 Å². The summed E-state index contributed by atoms with van der Waals surface area (Å²) in [7, 11) is 0. The van der Waals surface area contributed by atoms with Gasteiger partial charge in [0, 0.05) is 6.54 Å². The number of carbonyl (C=O) groups excluding carboxylic acids is 1. The number of nitrogens with one attached hydrogen (secondary N) is 1. The molecule has 1 saturated carbocycles. The molecule has 6 nitrogen and oxygen atoms in total. The van der Waals surface area contributed by atoms with Gasteiger partial charge in [0.15, 0.2) is 5.82 Å². The van der Waals surface area contributed by atoms with Gasteiger partial charge in [0.25, 0.3) is 0 Å². The number of amides is 1. The van der Waals surface area contributed by atoms with Crippen LogP contribution in [0.3, 0.4) is 0 Å². The third kappa shape index (κ3) is 2.46. The molecular weight excluding hydrogens is 218 g/mol. The molecule has 1 unspecified atom stereocenters. The summed E-state index contributed by atoms with van der Waals surface area (Å²) in [6.45, 7) is 4.98. The molecule has 3 N–H and O–H groups in total. The maximum absolute atomic E-state index is 11.9. The fourth-order valence-electron chi connectivity index (χ4n) is 1.90. The maximum Gasteiger partial charge on any atom is 0.240 e. The highest BCUT2D eigenvalue weighted by atomic mass is 16.2. The Labute approximate surface area is 101 Å². The molecule has 0 aromatic carbocycles. The first-order chi connectivity index (χ1) is 8.05. The van der Waals surface area contributed by atoms with Crippen molar-refractivity contribution >= 4 is 5.91 Å². The van der Waals surface area contributed by atoms with Crippen LogP contribution in [-0.2, 0) is 17.9 Å². The van der Waals surface area contributed by atoms with Crippen molar-refractivity contribution in [3.63, 3.8) is 0 Å². The molecule has 2 rings (SSSR count). The molecule has 17 heavy (non-hydrogen) atoms. The Hall–Kier alpha value is -1.43. The minimum absolute atomic E-state index is 0.106. The van der Waals surface area contributed by atoms with Gasteiger partial charge in [0.05, 0.1) is 12.1 Å². The third-order valence-corrected chi connectivity index (χ3v) is 3.36. The molecule has 0 spiro atoms. The van der Waals surface area contributed by atoms with E-state index in [0.29, 0.717) is 12.5 Å². The van der Waals surface area contributed by atoms with Gasteiger partial charge in [-0.1, -0.05) is 0 Å². The van der Waals surface area contributed by atoms with Gasteiger partial charge in [-0.2, -0.15) is 0 Å². The van der Waals surface area contributed by atoms with E-state index in [0.717, 1.165) is 25.2 Å². The Morgan fingerprint density at radius 1 is 1.71 bits per heavy atom. The maximum atomic E-state index is 11.9. The predicted octanol–water partition coefficient (Wildman–Crippen LogP) is 0.0416. The molecule has 1 atom stereocenters. The SMILES string of the molecule is CCn1cnnc1CNC(=O)C(C)(N)C1CC1. The number of aromatic nitrogens is 3.